The van der Waals surface area contributed by atoms with Crippen LogP contribution >= 0.6 is 0 Å². The fourth-order valence-corrected chi connectivity index (χ4v) is 6.16. The maximum Gasteiger partial charge on any atom is 0.167 e. The molecule has 2 aliphatic rings. The number of carbonyl (C=O) groups excluding carboxylic acids is 2. The Labute approximate surface area is 218 Å². The third kappa shape index (κ3) is 3.55. The lowest BCUT2D eigenvalue weighted by Gasteiger charge is -2.33. The zero-order valence-corrected chi connectivity index (χ0v) is 21.0. The summed E-state index contributed by atoms with van der Waals surface area (Å²) in [5.41, 5.74) is 6.15. The van der Waals surface area contributed by atoms with Gasteiger partial charge >= 0.3 is 0 Å². The molecule has 6 rings (SSSR count). The van der Waals surface area contributed by atoms with Crippen LogP contribution in [0.1, 0.15) is 47.6 Å². The summed E-state index contributed by atoms with van der Waals surface area (Å²) in [5.74, 6) is -0.851. The molecule has 0 spiro atoms. The van der Waals surface area contributed by atoms with Crippen molar-refractivity contribution in [3.8, 4) is 0 Å². The third-order valence-corrected chi connectivity index (χ3v) is 7.95. The van der Waals surface area contributed by atoms with E-state index in [1.807, 2.05) is 111 Å². The number of rotatable bonds is 3. The van der Waals surface area contributed by atoms with Gasteiger partial charge in [-0.15, -0.1) is 0 Å². The van der Waals surface area contributed by atoms with Gasteiger partial charge in [0.15, 0.2) is 11.6 Å². The quantitative estimate of drug-likeness (QED) is 0.306. The van der Waals surface area contributed by atoms with E-state index in [4.69, 9.17) is 0 Å². The number of benzene rings is 4. The zero-order valence-electron chi connectivity index (χ0n) is 21.0. The van der Waals surface area contributed by atoms with E-state index in [0.29, 0.717) is 5.57 Å². The van der Waals surface area contributed by atoms with Crippen molar-refractivity contribution in [1.29, 1.82) is 0 Å². The maximum atomic E-state index is 14.8. The second-order valence-electron chi connectivity index (χ2n) is 10.1. The minimum atomic E-state index is -1.08. The van der Waals surface area contributed by atoms with Crippen molar-refractivity contribution in [1.82, 2.24) is 0 Å². The van der Waals surface area contributed by atoms with Crippen molar-refractivity contribution in [2.75, 3.05) is 0 Å². The molecule has 0 amide bonds. The minimum absolute atomic E-state index is 0.0102. The predicted octanol–water partition coefficient (Wildman–Crippen LogP) is 7.42. The normalized spacial score (nSPS) is 24.5. The third-order valence-electron chi connectivity index (χ3n) is 7.95. The van der Waals surface area contributed by atoms with Crippen LogP contribution in [0.5, 0.6) is 0 Å². The second kappa shape index (κ2) is 8.97. The molecule has 180 valence electrons. The molecule has 0 fully saturated rings. The van der Waals surface area contributed by atoms with Crippen molar-refractivity contribution in [3.05, 3.63) is 155 Å². The average molecular weight is 481 g/mol. The number of ketones is 2. The Morgan fingerprint density at radius 3 is 1.84 bits per heavy atom. The Balaban J connectivity index is 1.71. The molecular weight excluding hydrogens is 452 g/mol. The molecule has 0 N–H and O–H groups in total. The van der Waals surface area contributed by atoms with Gasteiger partial charge in [0.05, 0.1) is 11.3 Å². The zero-order chi connectivity index (χ0) is 25.6. The van der Waals surface area contributed by atoms with E-state index in [9.17, 15) is 9.59 Å². The standard InChI is InChI=1S/C35H28O2/c1-23-22-28(24-14-6-3-7-15-24)27-20-12-13-21-29(27)35(2)32(33(23)36)30(25-16-8-4-9-17-25)31(34(35)37)26-18-10-5-11-19-26/h3-23,31H,1-2H3/b28-22-/t23-,31?,35-/m0/s1. The minimum Gasteiger partial charge on any atom is -0.297 e. The molecule has 0 radical (unpaired) electrons. The van der Waals surface area contributed by atoms with Crippen LogP contribution in [0.2, 0.25) is 0 Å². The van der Waals surface area contributed by atoms with Gasteiger partial charge < -0.3 is 0 Å². The van der Waals surface area contributed by atoms with Crippen LogP contribution in [0.4, 0.5) is 0 Å². The van der Waals surface area contributed by atoms with Crippen LogP contribution in [0.3, 0.4) is 0 Å². The molecule has 2 heteroatoms. The van der Waals surface area contributed by atoms with Gasteiger partial charge in [-0.1, -0.05) is 128 Å². The molecule has 2 aliphatic carbocycles. The number of carbonyl (C=O) groups is 2. The first-order chi connectivity index (χ1) is 18.0. The van der Waals surface area contributed by atoms with Gasteiger partial charge in [0.1, 0.15) is 0 Å². The lowest BCUT2D eigenvalue weighted by atomic mass is 9.67. The van der Waals surface area contributed by atoms with Crippen molar-refractivity contribution < 1.29 is 9.59 Å². The Hall–Kier alpha value is -4.30. The molecule has 0 saturated heterocycles. The average Bonchev–Trinajstić information content (AvgIpc) is 3.19. The molecule has 0 saturated carbocycles. The Bertz CT molecular complexity index is 1560. The maximum absolute atomic E-state index is 14.8. The van der Waals surface area contributed by atoms with Crippen LogP contribution in [0.15, 0.2) is 127 Å². The second-order valence-corrected chi connectivity index (χ2v) is 10.1. The van der Waals surface area contributed by atoms with Crippen LogP contribution in [-0.4, -0.2) is 11.6 Å². The Kier molecular flexibility index (Phi) is 5.61. The highest BCUT2D eigenvalue weighted by molar-refractivity contribution is 6.24. The van der Waals surface area contributed by atoms with Gasteiger partial charge in [-0.3, -0.25) is 9.59 Å². The molecule has 37 heavy (non-hydrogen) atoms. The highest BCUT2D eigenvalue weighted by Gasteiger charge is 2.55. The molecule has 0 aromatic heterocycles. The molecular formula is C35H28O2. The van der Waals surface area contributed by atoms with Crippen molar-refractivity contribution in [3.63, 3.8) is 0 Å². The van der Waals surface area contributed by atoms with Gasteiger partial charge in [0.2, 0.25) is 0 Å². The van der Waals surface area contributed by atoms with E-state index in [2.05, 4.69) is 24.3 Å². The van der Waals surface area contributed by atoms with Crippen LogP contribution in [-0.2, 0) is 15.0 Å². The van der Waals surface area contributed by atoms with E-state index in [-0.39, 0.29) is 17.5 Å². The predicted molar refractivity (Wildman–Crippen MR) is 149 cm³/mol. The first kappa shape index (κ1) is 23.1. The van der Waals surface area contributed by atoms with Gasteiger partial charge in [0, 0.05) is 11.5 Å². The molecule has 0 aliphatic heterocycles. The summed E-state index contributed by atoms with van der Waals surface area (Å²) in [7, 11) is 0. The Morgan fingerprint density at radius 2 is 1.19 bits per heavy atom. The largest absolute Gasteiger partial charge is 0.297 e. The summed E-state index contributed by atoms with van der Waals surface area (Å²) < 4.78 is 0. The molecule has 4 aromatic carbocycles. The van der Waals surface area contributed by atoms with Gasteiger partial charge in [-0.2, -0.15) is 0 Å². The number of hydrogen-bond acceptors (Lipinski definition) is 2. The van der Waals surface area contributed by atoms with E-state index in [1.54, 1.807) is 0 Å². The first-order valence-corrected chi connectivity index (χ1v) is 12.8. The van der Waals surface area contributed by atoms with E-state index in [1.165, 1.54) is 0 Å². The monoisotopic (exact) mass is 480 g/mol. The summed E-state index contributed by atoms with van der Waals surface area (Å²) in [6.07, 6.45) is 2.08. The lowest BCUT2D eigenvalue weighted by molar-refractivity contribution is -0.125. The van der Waals surface area contributed by atoms with E-state index in [0.717, 1.165) is 39.0 Å². The number of allylic oxidation sites excluding steroid dienone is 3. The van der Waals surface area contributed by atoms with Crippen LogP contribution in [0.25, 0.3) is 11.1 Å². The van der Waals surface area contributed by atoms with Gasteiger partial charge in [0.25, 0.3) is 0 Å². The number of hydrogen-bond donors (Lipinski definition) is 0. The Morgan fingerprint density at radius 1 is 0.649 bits per heavy atom. The number of Topliss-reactive ketones (excluding diaryl/α,β-unsaturated/α-hetero) is 2. The number of fused-ring (bicyclic) bond motifs is 3. The van der Waals surface area contributed by atoms with Crippen molar-refractivity contribution >= 4 is 22.7 Å². The molecule has 2 nitrogen and oxygen atoms in total. The molecule has 0 heterocycles. The lowest BCUT2D eigenvalue weighted by Crippen LogP contribution is -2.38. The van der Waals surface area contributed by atoms with Gasteiger partial charge in [-0.25, -0.2) is 0 Å². The van der Waals surface area contributed by atoms with E-state index >= 15 is 0 Å². The SMILES string of the molecule is C[C@H]1/C=C(/c2ccccc2)c2ccccc2[C@]2(C)C(=O)C(c3ccccc3)C(c3ccccc3)=C2C1=O. The topological polar surface area (TPSA) is 34.1 Å². The van der Waals surface area contributed by atoms with E-state index < -0.39 is 11.3 Å². The fourth-order valence-electron chi connectivity index (χ4n) is 6.16. The van der Waals surface area contributed by atoms with Crippen LogP contribution in [0, 0.1) is 5.92 Å². The molecule has 4 aromatic rings. The first-order valence-electron chi connectivity index (χ1n) is 12.8. The summed E-state index contributed by atoms with van der Waals surface area (Å²) in [5, 5.41) is 0. The summed E-state index contributed by atoms with van der Waals surface area (Å²) in [6.45, 7) is 3.92. The van der Waals surface area contributed by atoms with Gasteiger partial charge in [-0.05, 0) is 45.9 Å². The van der Waals surface area contributed by atoms with Crippen molar-refractivity contribution in [2.45, 2.75) is 25.2 Å². The smallest absolute Gasteiger partial charge is 0.167 e. The highest BCUT2D eigenvalue weighted by Crippen LogP contribution is 2.56. The van der Waals surface area contributed by atoms with Crippen LogP contribution < -0.4 is 0 Å². The highest BCUT2D eigenvalue weighted by atomic mass is 16.1. The molecule has 0 bridgehead atoms. The summed E-state index contributed by atoms with van der Waals surface area (Å²) in [6, 6.07) is 38.1. The summed E-state index contributed by atoms with van der Waals surface area (Å²) >= 11 is 0. The molecule has 1 unspecified atom stereocenters. The summed E-state index contributed by atoms with van der Waals surface area (Å²) in [4.78, 5) is 29.2. The van der Waals surface area contributed by atoms with Crippen molar-refractivity contribution in [2.24, 2.45) is 5.92 Å². The fraction of sp³-hybridized carbons (Fsp3) is 0.143. The molecule has 3 atom stereocenters.